The Morgan fingerprint density at radius 1 is 1.26 bits per heavy atom. The van der Waals surface area contributed by atoms with E-state index in [0.29, 0.717) is 11.7 Å². The minimum Gasteiger partial charge on any atom is -0.493 e. The molecule has 0 radical (unpaired) electrons. The number of urea groups is 1. The minimum atomic E-state index is -2.59. The molecule has 4 aliphatic rings. The van der Waals surface area contributed by atoms with Crippen LogP contribution in [0.1, 0.15) is 18.4 Å². The zero-order chi connectivity index (χ0) is 18.3. The highest BCUT2D eigenvalue weighted by Crippen LogP contribution is 2.43. The predicted molar refractivity (Wildman–Crippen MR) is 96.9 cm³/mol. The average molecular weight is 392 g/mol. The van der Waals surface area contributed by atoms with Gasteiger partial charge in [-0.05, 0) is 25.0 Å². The van der Waals surface area contributed by atoms with Gasteiger partial charge in [-0.3, -0.25) is 9.80 Å². The molecule has 27 heavy (non-hydrogen) atoms. The number of aromatic nitrogens is 1. The summed E-state index contributed by atoms with van der Waals surface area (Å²) in [6.07, 6.45) is 2.45. The summed E-state index contributed by atoms with van der Waals surface area (Å²) in [6, 6.07) is 3.63. The molecule has 0 unspecified atom stereocenters. The summed E-state index contributed by atoms with van der Waals surface area (Å²) in [5.41, 5.74) is 2.02. The molecule has 1 aromatic heterocycles. The number of nitrogens with one attached hydrogen (secondary N) is 1. The van der Waals surface area contributed by atoms with E-state index in [-0.39, 0.29) is 37.2 Å². The van der Waals surface area contributed by atoms with Gasteiger partial charge in [0.1, 0.15) is 5.75 Å². The van der Waals surface area contributed by atoms with E-state index in [9.17, 15) is 13.6 Å². The first-order valence-electron chi connectivity index (χ1n) is 9.27. The Balaban J connectivity index is 1.31. The van der Waals surface area contributed by atoms with E-state index in [1.165, 1.54) is 11.3 Å². The molecule has 1 aromatic carbocycles. The summed E-state index contributed by atoms with van der Waals surface area (Å²) >= 11 is 1.51. The van der Waals surface area contributed by atoms with Gasteiger partial charge in [-0.1, -0.05) is 11.3 Å². The number of benzene rings is 1. The van der Waals surface area contributed by atoms with E-state index >= 15 is 0 Å². The molecule has 2 saturated heterocycles. The second kappa shape index (κ2) is 5.29. The number of fused-ring (bicyclic) bond motifs is 4. The summed E-state index contributed by atoms with van der Waals surface area (Å²) in [4.78, 5) is 21.0. The number of anilines is 1. The van der Waals surface area contributed by atoms with Gasteiger partial charge in [0.25, 0.3) is 5.92 Å². The highest BCUT2D eigenvalue weighted by atomic mass is 32.1. The number of likely N-dealkylation sites (tertiary alicyclic amines) is 1. The maximum atomic E-state index is 13.3. The Morgan fingerprint density at radius 2 is 2.07 bits per heavy atom. The van der Waals surface area contributed by atoms with Gasteiger partial charge in [0.05, 0.1) is 42.0 Å². The smallest absolute Gasteiger partial charge is 0.324 e. The number of rotatable bonds is 2. The molecule has 4 heterocycles. The third kappa shape index (κ3) is 2.24. The highest BCUT2D eigenvalue weighted by Gasteiger charge is 2.56. The Kier molecular flexibility index (Phi) is 3.13. The van der Waals surface area contributed by atoms with Crippen LogP contribution in [0.15, 0.2) is 12.1 Å². The molecule has 6 rings (SSSR count). The van der Waals surface area contributed by atoms with Gasteiger partial charge >= 0.3 is 6.03 Å². The number of hydrogen-bond donors (Lipinski definition) is 1. The van der Waals surface area contributed by atoms with Crippen LogP contribution in [0.3, 0.4) is 0 Å². The monoisotopic (exact) mass is 392 g/mol. The van der Waals surface area contributed by atoms with Crippen molar-refractivity contribution in [3.63, 3.8) is 0 Å². The molecule has 3 atom stereocenters. The van der Waals surface area contributed by atoms with Crippen molar-refractivity contribution in [2.75, 3.05) is 24.6 Å². The van der Waals surface area contributed by atoms with Gasteiger partial charge in [0.2, 0.25) is 0 Å². The van der Waals surface area contributed by atoms with Crippen molar-refractivity contribution in [3.05, 3.63) is 17.7 Å². The van der Waals surface area contributed by atoms with Crippen molar-refractivity contribution in [2.24, 2.45) is 0 Å². The van der Waals surface area contributed by atoms with Crippen LogP contribution < -0.4 is 15.0 Å². The van der Waals surface area contributed by atoms with Gasteiger partial charge in [-0.2, -0.15) is 0 Å². The summed E-state index contributed by atoms with van der Waals surface area (Å²) in [6.45, 7) is 0.256. The first kappa shape index (κ1) is 16.0. The molecule has 142 valence electrons. The number of halogens is 2. The molecule has 6 nitrogen and oxygen atoms in total. The molecular weight excluding hydrogens is 374 g/mol. The van der Waals surface area contributed by atoms with Gasteiger partial charge in [-0.25, -0.2) is 18.6 Å². The standard InChI is InChI=1S/C18H18F2N4O2S/c19-18(20)7-23(8-18)10-1-2-11-15(10)21-16(25)24(11)17-22-14-9-5-6-26-12(9)3-4-13(14)27-17/h3-4,10-11,15H,1-2,5-8H2,(H,21,25)/t10-,11-,15+/m0/s1. The van der Waals surface area contributed by atoms with E-state index in [1.807, 2.05) is 12.1 Å². The molecule has 0 bridgehead atoms. The van der Waals surface area contributed by atoms with E-state index < -0.39 is 5.92 Å². The lowest BCUT2D eigenvalue weighted by molar-refractivity contribution is -0.147. The molecule has 1 aliphatic carbocycles. The van der Waals surface area contributed by atoms with Crippen molar-refractivity contribution in [2.45, 2.75) is 43.3 Å². The molecule has 9 heteroatoms. The van der Waals surface area contributed by atoms with Crippen LogP contribution in [-0.4, -0.2) is 59.7 Å². The number of carbonyl (C=O) groups is 1. The molecule has 3 aliphatic heterocycles. The third-order valence-corrected chi connectivity index (χ3v) is 7.21. The largest absolute Gasteiger partial charge is 0.493 e. The lowest BCUT2D eigenvalue weighted by Crippen LogP contribution is -2.63. The van der Waals surface area contributed by atoms with Crippen molar-refractivity contribution >= 4 is 32.7 Å². The molecule has 1 saturated carbocycles. The van der Waals surface area contributed by atoms with Crippen LogP contribution in [0.4, 0.5) is 18.7 Å². The van der Waals surface area contributed by atoms with Crippen LogP contribution in [0, 0.1) is 0 Å². The fraction of sp³-hybridized carbons (Fsp3) is 0.556. The maximum absolute atomic E-state index is 13.3. The lowest BCUT2D eigenvalue weighted by Gasteiger charge is -2.44. The molecule has 3 fully saturated rings. The number of nitrogens with zero attached hydrogens (tertiary/aromatic N) is 3. The van der Waals surface area contributed by atoms with Crippen LogP contribution in [-0.2, 0) is 6.42 Å². The van der Waals surface area contributed by atoms with Crippen LogP contribution in [0.25, 0.3) is 10.2 Å². The number of amides is 2. The Hall–Kier alpha value is -2.00. The van der Waals surface area contributed by atoms with Crippen LogP contribution in [0.5, 0.6) is 5.75 Å². The first-order chi connectivity index (χ1) is 13.0. The molecule has 2 amide bonds. The quantitative estimate of drug-likeness (QED) is 0.854. The van der Waals surface area contributed by atoms with Crippen LogP contribution in [0.2, 0.25) is 0 Å². The Labute approximate surface area is 158 Å². The number of thiazole rings is 1. The summed E-state index contributed by atoms with van der Waals surface area (Å²) in [5.74, 6) is -1.71. The molecular formula is C18H18F2N4O2S. The topological polar surface area (TPSA) is 57.7 Å². The Morgan fingerprint density at radius 3 is 2.89 bits per heavy atom. The number of carbonyl (C=O) groups excluding carboxylic acids is 1. The summed E-state index contributed by atoms with van der Waals surface area (Å²) in [7, 11) is 0. The van der Waals surface area contributed by atoms with Crippen molar-refractivity contribution in [3.8, 4) is 5.75 Å². The fourth-order valence-electron chi connectivity index (χ4n) is 4.98. The normalized spacial score (nSPS) is 31.6. The van der Waals surface area contributed by atoms with Crippen molar-refractivity contribution < 1.29 is 18.3 Å². The van der Waals surface area contributed by atoms with Crippen molar-refractivity contribution in [1.82, 2.24) is 15.2 Å². The number of alkyl halides is 2. The van der Waals surface area contributed by atoms with E-state index in [2.05, 4.69) is 5.32 Å². The van der Waals surface area contributed by atoms with Gasteiger partial charge in [0.15, 0.2) is 5.13 Å². The number of hydrogen-bond acceptors (Lipinski definition) is 5. The summed E-state index contributed by atoms with van der Waals surface area (Å²) < 4.78 is 33.2. The first-order valence-corrected chi connectivity index (χ1v) is 10.1. The van der Waals surface area contributed by atoms with E-state index in [0.717, 1.165) is 40.8 Å². The Bertz CT molecular complexity index is 956. The molecule has 1 N–H and O–H groups in total. The zero-order valence-corrected chi connectivity index (χ0v) is 15.3. The fourth-order valence-corrected chi connectivity index (χ4v) is 6.04. The minimum absolute atomic E-state index is 0.0180. The van der Waals surface area contributed by atoms with Crippen molar-refractivity contribution in [1.29, 1.82) is 0 Å². The SMILES string of the molecule is O=C1N[C@@H]2[C@@H](N3CC(F)(F)C3)CC[C@@H]2N1c1nc2c3c(ccc2s1)OCC3. The lowest BCUT2D eigenvalue weighted by atomic mass is 10.0. The van der Waals surface area contributed by atoms with Gasteiger partial charge < -0.3 is 10.1 Å². The molecule has 0 spiro atoms. The molecule has 2 aromatic rings. The second-order valence-electron chi connectivity index (χ2n) is 7.80. The summed E-state index contributed by atoms with van der Waals surface area (Å²) in [5, 5.41) is 3.72. The zero-order valence-electron chi connectivity index (χ0n) is 14.5. The van der Waals surface area contributed by atoms with E-state index in [4.69, 9.17) is 9.72 Å². The van der Waals surface area contributed by atoms with Gasteiger partial charge in [0, 0.05) is 18.0 Å². The van der Waals surface area contributed by atoms with Gasteiger partial charge in [-0.15, -0.1) is 0 Å². The predicted octanol–water partition coefficient (Wildman–Crippen LogP) is 2.61. The highest BCUT2D eigenvalue weighted by molar-refractivity contribution is 7.22. The maximum Gasteiger partial charge on any atom is 0.324 e. The average Bonchev–Trinajstić information content (AvgIpc) is 3.33. The number of ether oxygens (including phenoxy) is 1. The second-order valence-corrected chi connectivity index (χ2v) is 8.81. The third-order valence-electron chi connectivity index (χ3n) is 6.19. The van der Waals surface area contributed by atoms with Crippen LogP contribution >= 0.6 is 11.3 Å². The van der Waals surface area contributed by atoms with E-state index in [1.54, 1.807) is 9.80 Å².